The van der Waals surface area contributed by atoms with Gasteiger partial charge >= 0.3 is 0 Å². The summed E-state index contributed by atoms with van der Waals surface area (Å²) in [5.74, 6) is 0.887. The minimum absolute atomic E-state index is 0.0277. The van der Waals surface area contributed by atoms with Crippen molar-refractivity contribution in [1.82, 2.24) is 4.90 Å². The lowest BCUT2D eigenvalue weighted by Gasteiger charge is -2.32. The number of benzene rings is 2. The quantitative estimate of drug-likeness (QED) is 0.703. The normalized spacial score (nSPS) is 15.0. The summed E-state index contributed by atoms with van der Waals surface area (Å²) in [5.41, 5.74) is 0.359. The molecule has 1 amide bonds. The van der Waals surface area contributed by atoms with E-state index in [1.807, 2.05) is 31.2 Å². The molecule has 2 aromatic rings. The van der Waals surface area contributed by atoms with Gasteiger partial charge in [-0.1, -0.05) is 28.1 Å². The first-order valence-electron chi connectivity index (χ1n) is 8.70. The summed E-state index contributed by atoms with van der Waals surface area (Å²) in [5, 5.41) is 0. The van der Waals surface area contributed by atoms with Crippen LogP contribution in [-0.4, -0.2) is 36.6 Å². The zero-order valence-electron chi connectivity index (χ0n) is 14.6. The highest BCUT2D eigenvalue weighted by molar-refractivity contribution is 9.10. The fourth-order valence-corrected chi connectivity index (χ4v) is 3.50. The van der Waals surface area contributed by atoms with Gasteiger partial charge < -0.3 is 14.4 Å². The van der Waals surface area contributed by atoms with E-state index in [1.54, 1.807) is 11.0 Å². The molecular weight excluding hydrogens is 401 g/mol. The Morgan fingerprint density at radius 3 is 2.54 bits per heavy atom. The van der Waals surface area contributed by atoms with Crippen LogP contribution in [0, 0.1) is 5.82 Å². The topological polar surface area (TPSA) is 38.8 Å². The monoisotopic (exact) mass is 421 g/mol. The summed E-state index contributed by atoms with van der Waals surface area (Å²) in [4.78, 5) is 14.3. The first-order chi connectivity index (χ1) is 12.6. The van der Waals surface area contributed by atoms with E-state index in [9.17, 15) is 9.18 Å². The number of likely N-dealkylation sites (tertiary alicyclic amines) is 1. The maximum Gasteiger partial charge on any atom is 0.254 e. The highest BCUT2D eigenvalue weighted by Gasteiger charge is 2.25. The Morgan fingerprint density at radius 1 is 1.19 bits per heavy atom. The van der Waals surface area contributed by atoms with Gasteiger partial charge in [0.25, 0.3) is 5.91 Å². The van der Waals surface area contributed by atoms with Gasteiger partial charge in [0, 0.05) is 36.0 Å². The number of halogens is 2. The maximum absolute atomic E-state index is 13.5. The average molecular weight is 422 g/mol. The molecule has 0 bridgehead atoms. The van der Waals surface area contributed by atoms with Crippen LogP contribution in [0.5, 0.6) is 11.5 Å². The van der Waals surface area contributed by atoms with Gasteiger partial charge in [0.2, 0.25) is 0 Å². The van der Waals surface area contributed by atoms with Gasteiger partial charge in [-0.2, -0.15) is 0 Å². The SMILES string of the molecule is CCOc1ccccc1OC1CCN(C(=O)c2cc(F)cc(Br)c2)CC1. The number of ether oxygens (including phenoxy) is 2. The number of amides is 1. The standard InChI is InChI=1S/C20H21BrFNO3/c1-2-25-18-5-3-4-6-19(18)26-17-7-9-23(10-8-17)20(24)14-11-15(21)13-16(22)12-14/h3-6,11-13,17H,2,7-10H2,1H3. The van der Waals surface area contributed by atoms with Crippen molar-refractivity contribution in [3.8, 4) is 11.5 Å². The van der Waals surface area contributed by atoms with E-state index in [-0.39, 0.29) is 12.0 Å². The summed E-state index contributed by atoms with van der Waals surface area (Å²) in [6, 6.07) is 11.9. The van der Waals surface area contributed by atoms with E-state index in [2.05, 4.69) is 15.9 Å². The third kappa shape index (κ3) is 4.55. The van der Waals surface area contributed by atoms with Gasteiger partial charge in [-0.3, -0.25) is 4.79 Å². The predicted octanol–water partition coefficient (Wildman–Crippen LogP) is 4.67. The third-order valence-corrected chi connectivity index (χ3v) is 4.74. The molecule has 0 spiro atoms. The van der Waals surface area contributed by atoms with Crippen LogP contribution in [0.1, 0.15) is 30.1 Å². The maximum atomic E-state index is 13.5. The molecule has 1 aliphatic heterocycles. The summed E-state index contributed by atoms with van der Waals surface area (Å²) in [6.07, 6.45) is 1.48. The summed E-state index contributed by atoms with van der Waals surface area (Å²) < 4.78 is 25.8. The number of piperidine rings is 1. The summed E-state index contributed by atoms with van der Waals surface area (Å²) >= 11 is 3.23. The Hall–Kier alpha value is -2.08. The second kappa shape index (κ2) is 8.54. The van der Waals surface area contributed by atoms with Crippen molar-refractivity contribution < 1.29 is 18.7 Å². The molecule has 0 saturated carbocycles. The van der Waals surface area contributed by atoms with Crippen LogP contribution in [0.4, 0.5) is 4.39 Å². The number of hydrogen-bond donors (Lipinski definition) is 0. The number of carbonyl (C=O) groups excluding carboxylic acids is 1. The van der Waals surface area contributed by atoms with Crippen LogP contribution in [0.15, 0.2) is 46.9 Å². The largest absolute Gasteiger partial charge is 0.490 e. The molecule has 4 nitrogen and oxygen atoms in total. The Bertz CT molecular complexity index is 755. The molecule has 1 aliphatic rings. The molecule has 0 radical (unpaired) electrons. The smallest absolute Gasteiger partial charge is 0.254 e. The molecule has 1 fully saturated rings. The van der Waals surface area contributed by atoms with E-state index in [0.717, 1.165) is 24.3 Å². The van der Waals surface area contributed by atoms with Gasteiger partial charge in [0.05, 0.1) is 6.61 Å². The highest BCUT2D eigenvalue weighted by Crippen LogP contribution is 2.29. The van der Waals surface area contributed by atoms with Gasteiger partial charge in [-0.25, -0.2) is 4.39 Å². The van der Waals surface area contributed by atoms with Gasteiger partial charge in [0.15, 0.2) is 11.5 Å². The lowest BCUT2D eigenvalue weighted by molar-refractivity contribution is 0.0589. The van der Waals surface area contributed by atoms with Crippen LogP contribution in [0.25, 0.3) is 0 Å². The van der Waals surface area contributed by atoms with Crippen LogP contribution in [-0.2, 0) is 0 Å². The zero-order valence-corrected chi connectivity index (χ0v) is 16.2. The van der Waals surface area contributed by atoms with Crippen molar-refractivity contribution >= 4 is 21.8 Å². The second-order valence-electron chi connectivity index (χ2n) is 6.15. The Labute approximate surface area is 161 Å². The van der Waals surface area contributed by atoms with E-state index < -0.39 is 5.82 Å². The second-order valence-corrected chi connectivity index (χ2v) is 7.06. The fourth-order valence-electron chi connectivity index (χ4n) is 3.04. The van der Waals surface area contributed by atoms with E-state index in [4.69, 9.17) is 9.47 Å². The minimum atomic E-state index is -0.423. The molecule has 2 aromatic carbocycles. The van der Waals surface area contributed by atoms with E-state index >= 15 is 0 Å². The number of para-hydroxylation sites is 2. The number of hydrogen-bond acceptors (Lipinski definition) is 3. The van der Waals surface area contributed by atoms with E-state index in [1.165, 1.54) is 12.1 Å². The summed E-state index contributed by atoms with van der Waals surface area (Å²) in [6.45, 7) is 3.67. The van der Waals surface area contributed by atoms with Gasteiger partial charge in [0.1, 0.15) is 11.9 Å². The van der Waals surface area contributed by atoms with Crippen molar-refractivity contribution in [2.45, 2.75) is 25.9 Å². The average Bonchev–Trinajstić information content (AvgIpc) is 2.63. The Morgan fingerprint density at radius 2 is 1.88 bits per heavy atom. The van der Waals surface area contributed by atoms with Crippen LogP contribution in [0.2, 0.25) is 0 Å². The molecule has 138 valence electrons. The lowest BCUT2D eigenvalue weighted by atomic mass is 10.1. The molecule has 3 rings (SSSR count). The third-order valence-electron chi connectivity index (χ3n) is 4.28. The van der Waals surface area contributed by atoms with Crippen molar-refractivity contribution in [1.29, 1.82) is 0 Å². The number of carbonyl (C=O) groups is 1. The summed E-state index contributed by atoms with van der Waals surface area (Å²) in [7, 11) is 0. The minimum Gasteiger partial charge on any atom is -0.490 e. The van der Waals surface area contributed by atoms with Crippen molar-refractivity contribution in [2.24, 2.45) is 0 Å². The molecule has 6 heteroatoms. The van der Waals surface area contributed by atoms with Gasteiger partial charge in [-0.15, -0.1) is 0 Å². The molecule has 0 N–H and O–H groups in total. The highest BCUT2D eigenvalue weighted by atomic mass is 79.9. The van der Waals surface area contributed by atoms with E-state index in [0.29, 0.717) is 29.7 Å². The fraction of sp³-hybridized carbons (Fsp3) is 0.350. The Balaban J connectivity index is 1.60. The lowest BCUT2D eigenvalue weighted by Crippen LogP contribution is -2.41. The molecular formula is C20H21BrFNO3. The molecule has 1 saturated heterocycles. The Kier molecular flexibility index (Phi) is 6.14. The predicted molar refractivity (Wildman–Crippen MR) is 101 cm³/mol. The molecule has 0 aliphatic carbocycles. The van der Waals surface area contributed by atoms with Crippen molar-refractivity contribution in [2.75, 3.05) is 19.7 Å². The molecule has 0 aromatic heterocycles. The first-order valence-corrected chi connectivity index (χ1v) is 9.50. The van der Waals surface area contributed by atoms with Crippen molar-refractivity contribution in [3.63, 3.8) is 0 Å². The zero-order chi connectivity index (χ0) is 18.5. The van der Waals surface area contributed by atoms with Gasteiger partial charge in [-0.05, 0) is 37.3 Å². The molecule has 0 atom stereocenters. The first kappa shape index (κ1) is 18.7. The van der Waals surface area contributed by atoms with Crippen LogP contribution < -0.4 is 9.47 Å². The molecule has 1 heterocycles. The molecule has 26 heavy (non-hydrogen) atoms. The number of rotatable bonds is 5. The van der Waals surface area contributed by atoms with Crippen LogP contribution >= 0.6 is 15.9 Å². The van der Waals surface area contributed by atoms with Crippen molar-refractivity contribution in [3.05, 3.63) is 58.3 Å². The molecule has 0 unspecified atom stereocenters. The van der Waals surface area contributed by atoms with Crippen LogP contribution in [0.3, 0.4) is 0 Å². The number of nitrogens with zero attached hydrogens (tertiary/aromatic N) is 1.